The summed E-state index contributed by atoms with van der Waals surface area (Å²) in [6.45, 7) is 0.682. The van der Waals surface area contributed by atoms with Crippen molar-refractivity contribution < 1.29 is 32.2 Å². The number of pyridine rings is 1. The molecule has 12 heteroatoms. The van der Waals surface area contributed by atoms with Gasteiger partial charge in [-0.05, 0) is 18.2 Å². The molecule has 2 aliphatic heterocycles. The number of aromatic nitrogens is 1. The number of nitrogens with one attached hydrogen (secondary N) is 1. The van der Waals surface area contributed by atoms with E-state index in [1.54, 1.807) is 12.1 Å². The summed E-state index contributed by atoms with van der Waals surface area (Å²) in [5.74, 6) is -2.79. The highest BCUT2D eigenvalue weighted by Crippen LogP contribution is 2.16. The summed E-state index contributed by atoms with van der Waals surface area (Å²) in [5, 5.41) is 3.27. The lowest BCUT2D eigenvalue weighted by Crippen LogP contribution is -2.46. The topological polar surface area (TPSA) is 93.1 Å². The first-order valence-corrected chi connectivity index (χ1v) is 10.4. The standard InChI is InChI=1S/C16H16F2N4O4.C6H4ClF/c1-25-16(24)10-6-20-15(14-11(18)4-9(17)5-19-14)21-12(10)7-22-2-3-26-8-13(22)23;7-5-2-1-3-6(8)4-5/h4-5H,2-3,6-8H2,1H3,(H,20,21);1-4H. The maximum atomic E-state index is 14.0. The van der Waals surface area contributed by atoms with Gasteiger partial charge < -0.3 is 19.7 Å². The number of ether oxygens (including phenoxy) is 2. The van der Waals surface area contributed by atoms with E-state index in [0.29, 0.717) is 29.9 Å². The van der Waals surface area contributed by atoms with E-state index in [1.807, 2.05) is 0 Å². The predicted molar refractivity (Wildman–Crippen MR) is 117 cm³/mol. The Labute approximate surface area is 198 Å². The second-order valence-corrected chi connectivity index (χ2v) is 7.47. The molecule has 34 heavy (non-hydrogen) atoms. The van der Waals surface area contributed by atoms with Crippen molar-refractivity contribution in [3.8, 4) is 0 Å². The highest BCUT2D eigenvalue weighted by atomic mass is 35.5. The highest BCUT2D eigenvalue weighted by molar-refractivity contribution is 6.30. The van der Waals surface area contributed by atoms with Gasteiger partial charge in [-0.15, -0.1) is 0 Å². The summed E-state index contributed by atoms with van der Waals surface area (Å²) in [6.07, 6.45) is 0.868. The Bertz CT molecular complexity index is 1130. The quantitative estimate of drug-likeness (QED) is 0.654. The maximum absolute atomic E-state index is 14.0. The van der Waals surface area contributed by atoms with Gasteiger partial charge in [0.1, 0.15) is 23.9 Å². The molecule has 0 unspecified atom stereocenters. The van der Waals surface area contributed by atoms with E-state index in [4.69, 9.17) is 21.1 Å². The van der Waals surface area contributed by atoms with Crippen LogP contribution < -0.4 is 5.32 Å². The Kier molecular flexibility index (Phi) is 8.61. The van der Waals surface area contributed by atoms with Crippen LogP contribution in [-0.4, -0.2) is 67.6 Å². The minimum Gasteiger partial charge on any atom is -0.466 e. The molecule has 1 saturated heterocycles. The number of carbonyl (C=O) groups is 2. The van der Waals surface area contributed by atoms with E-state index in [0.717, 1.165) is 6.20 Å². The van der Waals surface area contributed by atoms with Crippen LogP contribution in [0, 0.1) is 17.5 Å². The van der Waals surface area contributed by atoms with Crippen LogP contribution in [0.4, 0.5) is 13.2 Å². The number of halogens is 4. The summed E-state index contributed by atoms with van der Waals surface area (Å²) in [4.78, 5) is 33.3. The lowest BCUT2D eigenvalue weighted by molar-refractivity contribution is -0.142. The van der Waals surface area contributed by atoms with Crippen LogP contribution in [-0.2, 0) is 19.1 Å². The second-order valence-electron chi connectivity index (χ2n) is 7.03. The number of rotatable bonds is 4. The van der Waals surface area contributed by atoms with Crippen LogP contribution in [0.15, 0.2) is 52.8 Å². The van der Waals surface area contributed by atoms with E-state index in [1.165, 1.54) is 24.1 Å². The van der Waals surface area contributed by atoms with E-state index in [2.05, 4.69) is 15.3 Å². The number of morpholine rings is 1. The first kappa shape index (κ1) is 25.2. The maximum Gasteiger partial charge on any atom is 0.337 e. The average molecular weight is 497 g/mol. The van der Waals surface area contributed by atoms with Crippen molar-refractivity contribution >= 4 is 29.3 Å². The van der Waals surface area contributed by atoms with E-state index in [-0.39, 0.29) is 48.5 Å². The van der Waals surface area contributed by atoms with Gasteiger partial charge in [0.05, 0.1) is 38.6 Å². The van der Waals surface area contributed by atoms with Gasteiger partial charge in [0.25, 0.3) is 0 Å². The molecular weight excluding hydrogens is 477 g/mol. The number of carbonyl (C=O) groups excluding carboxylic acids is 2. The molecule has 4 rings (SSSR count). The smallest absolute Gasteiger partial charge is 0.337 e. The summed E-state index contributed by atoms with van der Waals surface area (Å²) in [7, 11) is 1.23. The third kappa shape index (κ3) is 6.55. The van der Waals surface area contributed by atoms with Gasteiger partial charge in [0, 0.05) is 23.3 Å². The average Bonchev–Trinajstić information content (AvgIpc) is 2.80. The monoisotopic (exact) mass is 496 g/mol. The van der Waals surface area contributed by atoms with E-state index < -0.39 is 17.6 Å². The zero-order valence-electron chi connectivity index (χ0n) is 18.0. The lowest BCUT2D eigenvalue weighted by atomic mass is 10.1. The number of amides is 1. The minimum atomic E-state index is -0.889. The molecule has 0 radical (unpaired) electrons. The Hall–Kier alpha value is -3.44. The normalized spacial score (nSPS) is 15.7. The molecule has 180 valence electrons. The van der Waals surface area contributed by atoms with Crippen molar-refractivity contribution in [2.45, 2.75) is 0 Å². The van der Waals surface area contributed by atoms with Crippen molar-refractivity contribution in [2.24, 2.45) is 4.99 Å². The summed E-state index contributed by atoms with van der Waals surface area (Å²) in [5.41, 5.74) is 0.391. The number of nitrogens with zero attached hydrogens (tertiary/aromatic N) is 3. The molecular formula is C22H20ClF3N4O4. The summed E-state index contributed by atoms with van der Waals surface area (Å²) < 4.78 is 49.0. The zero-order valence-corrected chi connectivity index (χ0v) is 18.7. The third-order valence-electron chi connectivity index (χ3n) is 4.71. The van der Waals surface area contributed by atoms with Crippen molar-refractivity contribution in [1.29, 1.82) is 0 Å². The van der Waals surface area contributed by atoms with Gasteiger partial charge in [0.2, 0.25) is 5.91 Å². The first-order chi connectivity index (χ1) is 16.3. The minimum absolute atomic E-state index is 0.0457. The molecule has 0 spiro atoms. The number of benzene rings is 1. The fraction of sp³-hybridized carbons (Fsp3) is 0.273. The molecule has 1 amide bonds. The number of amidine groups is 1. The molecule has 0 aliphatic carbocycles. The van der Waals surface area contributed by atoms with Crippen LogP contribution >= 0.6 is 11.6 Å². The van der Waals surface area contributed by atoms with Crippen molar-refractivity contribution in [3.05, 3.63) is 76.0 Å². The van der Waals surface area contributed by atoms with E-state index in [9.17, 15) is 22.8 Å². The molecule has 1 N–H and O–H groups in total. The number of hydrogen-bond acceptors (Lipinski definition) is 7. The summed E-state index contributed by atoms with van der Waals surface area (Å²) in [6, 6.07) is 6.51. The molecule has 0 atom stereocenters. The Morgan fingerprint density at radius 1 is 1.26 bits per heavy atom. The Morgan fingerprint density at radius 2 is 2.06 bits per heavy atom. The van der Waals surface area contributed by atoms with Crippen LogP contribution in [0.25, 0.3) is 0 Å². The molecule has 2 aromatic rings. The number of esters is 1. The number of methoxy groups -OCH3 is 1. The molecule has 1 aromatic heterocycles. The molecule has 2 aliphatic rings. The molecule has 3 heterocycles. The molecule has 1 aromatic carbocycles. The highest BCUT2D eigenvalue weighted by Gasteiger charge is 2.28. The van der Waals surface area contributed by atoms with Crippen molar-refractivity contribution in [2.75, 3.05) is 40.0 Å². The third-order valence-corrected chi connectivity index (χ3v) is 4.95. The lowest BCUT2D eigenvalue weighted by Gasteiger charge is -2.30. The number of hydrogen-bond donors (Lipinski definition) is 1. The summed E-state index contributed by atoms with van der Waals surface area (Å²) >= 11 is 5.40. The fourth-order valence-corrected chi connectivity index (χ4v) is 3.23. The van der Waals surface area contributed by atoms with E-state index >= 15 is 0 Å². The Balaban J connectivity index is 0.000000343. The van der Waals surface area contributed by atoms with Crippen LogP contribution in [0.1, 0.15) is 5.69 Å². The molecule has 0 bridgehead atoms. The molecule has 1 fully saturated rings. The van der Waals surface area contributed by atoms with Crippen LogP contribution in [0.3, 0.4) is 0 Å². The SMILES string of the molecule is COC(=O)C1=C(CN2CCOCC2=O)NC(c2ncc(F)cc2F)=NC1.Fc1cccc(Cl)c1. The van der Waals surface area contributed by atoms with Crippen LogP contribution in [0.2, 0.25) is 5.02 Å². The van der Waals surface area contributed by atoms with Gasteiger partial charge >= 0.3 is 5.97 Å². The van der Waals surface area contributed by atoms with Crippen molar-refractivity contribution in [3.63, 3.8) is 0 Å². The largest absolute Gasteiger partial charge is 0.466 e. The predicted octanol–water partition coefficient (Wildman–Crippen LogP) is 2.47. The second kappa shape index (κ2) is 11.6. The van der Waals surface area contributed by atoms with Crippen LogP contribution in [0.5, 0.6) is 0 Å². The van der Waals surface area contributed by atoms with Gasteiger partial charge in [-0.25, -0.2) is 22.9 Å². The van der Waals surface area contributed by atoms with Gasteiger partial charge in [-0.3, -0.25) is 9.79 Å². The van der Waals surface area contributed by atoms with Gasteiger partial charge in [0.15, 0.2) is 11.7 Å². The fourth-order valence-electron chi connectivity index (χ4n) is 3.05. The first-order valence-electron chi connectivity index (χ1n) is 9.98. The van der Waals surface area contributed by atoms with Crippen molar-refractivity contribution in [1.82, 2.24) is 15.2 Å². The number of aliphatic imine (C=N–C) groups is 1. The van der Waals surface area contributed by atoms with Gasteiger partial charge in [-0.2, -0.15) is 0 Å². The zero-order chi connectivity index (χ0) is 24.7. The molecule has 0 saturated carbocycles. The molecule has 8 nitrogen and oxygen atoms in total. The van der Waals surface area contributed by atoms with Gasteiger partial charge in [-0.1, -0.05) is 17.7 Å². The Morgan fingerprint density at radius 3 is 2.68 bits per heavy atom.